The summed E-state index contributed by atoms with van der Waals surface area (Å²) in [5.41, 5.74) is 0. The minimum Gasteiger partial charge on any atom is -0.481 e. The molecule has 0 aromatic heterocycles. The first-order chi connectivity index (χ1) is 23.3. The minimum absolute atomic E-state index is 0.200. The van der Waals surface area contributed by atoms with Gasteiger partial charge < -0.3 is 20.4 Å². The average molecular weight is 663 g/mol. The van der Waals surface area contributed by atoms with E-state index in [-0.39, 0.29) is 25.0 Å². The summed E-state index contributed by atoms with van der Waals surface area (Å²) in [6.07, 6.45) is 54.3. The Labute approximate surface area is 291 Å². The van der Waals surface area contributed by atoms with Crippen molar-refractivity contribution < 1.29 is 30.0 Å². The van der Waals surface area contributed by atoms with Gasteiger partial charge in [-0.3, -0.25) is 9.59 Å². The van der Waals surface area contributed by atoms with Crippen LogP contribution < -0.4 is 0 Å². The maximum atomic E-state index is 10.3. The third-order valence-corrected chi connectivity index (χ3v) is 6.37. The number of aliphatic hydroxyl groups is 2. The van der Waals surface area contributed by atoms with Crippen LogP contribution in [0.1, 0.15) is 104 Å². The first-order valence-corrected chi connectivity index (χ1v) is 17.4. The lowest BCUT2D eigenvalue weighted by atomic mass is 10.2. The van der Waals surface area contributed by atoms with E-state index in [2.05, 4.69) is 54.7 Å². The number of aliphatic hydroxyl groups excluding tert-OH is 2. The Kier molecular flexibility index (Phi) is 37.6. The van der Waals surface area contributed by atoms with Gasteiger partial charge in [-0.2, -0.15) is 0 Å². The van der Waals surface area contributed by atoms with E-state index < -0.39 is 11.9 Å². The molecule has 0 radical (unpaired) electrons. The molecule has 2 atom stereocenters. The Hall–Kier alpha value is -4.00. The Morgan fingerprint density at radius 2 is 0.812 bits per heavy atom. The molecule has 6 heteroatoms. The van der Waals surface area contributed by atoms with Crippen LogP contribution >= 0.6 is 0 Å². The lowest BCUT2D eigenvalue weighted by Crippen LogP contribution is -1.97. The van der Waals surface area contributed by atoms with Crippen LogP contribution in [0.5, 0.6) is 0 Å². The van der Waals surface area contributed by atoms with Gasteiger partial charge in [-0.25, -0.2) is 0 Å². The average Bonchev–Trinajstić information content (AvgIpc) is 3.07. The monoisotopic (exact) mass is 662 g/mol. The molecule has 0 rings (SSSR count). The number of hydrogen-bond acceptors (Lipinski definition) is 4. The SMILES string of the molecule is CCC(O)/C=C/C=C\C/C=C\C=C/CC/C=C\CCCC(=O)O.CCC(O)/C=C/C=C\C=C\CC/C=C\C/C=C\C/C=C\CCC(=O)O. The molecule has 0 aliphatic rings. The van der Waals surface area contributed by atoms with Crippen LogP contribution in [0.2, 0.25) is 0 Å². The van der Waals surface area contributed by atoms with Gasteiger partial charge in [0, 0.05) is 12.8 Å². The van der Waals surface area contributed by atoms with Gasteiger partial charge in [0.2, 0.25) is 0 Å². The number of hydrogen-bond donors (Lipinski definition) is 4. The summed E-state index contributed by atoms with van der Waals surface area (Å²) in [4.78, 5) is 20.6. The van der Waals surface area contributed by atoms with Crippen molar-refractivity contribution in [2.75, 3.05) is 0 Å². The molecule has 2 unspecified atom stereocenters. The third-order valence-electron chi connectivity index (χ3n) is 6.37. The summed E-state index contributed by atoms with van der Waals surface area (Å²) in [5.74, 6) is -1.47. The number of carbonyl (C=O) groups is 2. The van der Waals surface area contributed by atoms with E-state index in [9.17, 15) is 19.8 Å². The van der Waals surface area contributed by atoms with Gasteiger partial charge in [-0.15, -0.1) is 0 Å². The molecule has 4 N–H and O–H groups in total. The van der Waals surface area contributed by atoms with Crippen molar-refractivity contribution in [3.63, 3.8) is 0 Å². The van der Waals surface area contributed by atoms with Gasteiger partial charge in [0.1, 0.15) is 0 Å². The Morgan fingerprint density at radius 1 is 0.438 bits per heavy atom. The smallest absolute Gasteiger partial charge is 0.303 e. The highest BCUT2D eigenvalue weighted by Crippen LogP contribution is 2.01. The molecule has 0 aliphatic heterocycles. The van der Waals surface area contributed by atoms with Crippen LogP contribution in [-0.4, -0.2) is 44.6 Å². The Bertz CT molecular complexity index is 1100. The number of carboxylic acids is 2. The molecule has 0 amide bonds. The molecule has 0 saturated heterocycles. The number of aliphatic carboxylic acids is 2. The van der Waals surface area contributed by atoms with Crippen LogP contribution in [0.15, 0.2) is 134 Å². The van der Waals surface area contributed by atoms with Gasteiger partial charge >= 0.3 is 11.9 Å². The van der Waals surface area contributed by atoms with E-state index in [1.165, 1.54) is 0 Å². The zero-order valence-electron chi connectivity index (χ0n) is 29.4. The molecule has 0 spiro atoms. The molecular formula is C42H62O6. The molecule has 0 aromatic rings. The van der Waals surface area contributed by atoms with Crippen LogP contribution in [0, 0.1) is 0 Å². The van der Waals surface area contributed by atoms with Crippen molar-refractivity contribution in [3.8, 4) is 0 Å². The molecule has 0 bridgehead atoms. The summed E-state index contributed by atoms with van der Waals surface area (Å²) in [5, 5.41) is 35.6. The predicted octanol–water partition coefficient (Wildman–Crippen LogP) is 10.5. The van der Waals surface area contributed by atoms with Crippen molar-refractivity contribution in [2.45, 2.75) is 116 Å². The number of rotatable bonds is 27. The minimum atomic E-state index is -0.750. The fraction of sp³-hybridized carbons (Fsp3) is 0.429. The van der Waals surface area contributed by atoms with E-state index in [1.807, 2.05) is 80.7 Å². The summed E-state index contributed by atoms with van der Waals surface area (Å²) in [6.45, 7) is 3.90. The molecule has 266 valence electrons. The molecule has 6 nitrogen and oxygen atoms in total. The molecule has 0 fully saturated rings. The zero-order valence-corrected chi connectivity index (χ0v) is 29.4. The maximum absolute atomic E-state index is 10.3. The van der Waals surface area contributed by atoms with Crippen LogP contribution in [0.4, 0.5) is 0 Å². The van der Waals surface area contributed by atoms with Crippen LogP contribution in [0.3, 0.4) is 0 Å². The maximum Gasteiger partial charge on any atom is 0.303 e. The van der Waals surface area contributed by atoms with E-state index in [4.69, 9.17) is 10.2 Å². The third kappa shape index (κ3) is 44.1. The van der Waals surface area contributed by atoms with Crippen LogP contribution in [-0.2, 0) is 9.59 Å². The summed E-state index contributed by atoms with van der Waals surface area (Å²) < 4.78 is 0. The van der Waals surface area contributed by atoms with E-state index in [0.717, 1.165) is 64.2 Å². The highest BCUT2D eigenvalue weighted by atomic mass is 16.4. The predicted molar refractivity (Wildman–Crippen MR) is 204 cm³/mol. The largest absolute Gasteiger partial charge is 0.481 e. The van der Waals surface area contributed by atoms with E-state index >= 15 is 0 Å². The van der Waals surface area contributed by atoms with Crippen molar-refractivity contribution in [1.29, 1.82) is 0 Å². The number of unbranched alkanes of at least 4 members (excludes halogenated alkanes) is 3. The normalized spacial score (nSPS) is 14.2. The van der Waals surface area contributed by atoms with Gasteiger partial charge in [-0.1, -0.05) is 148 Å². The lowest BCUT2D eigenvalue weighted by molar-refractivity contribution is -0.138. The van der Waals surface area contributed by atoms with Gasteiger partial charge in [0.05, 0.1) is 12.2 Å². The van der Waals surface area contributed by atoms with Crippen molar-refractivity contribution >= 4 is 11.9 Å². The second kappa shape index (κ2) is 39.2. The summed E-state index contributed by atoms with van der Waals surface area (Å²) in [7, 11) is 0. The van der Waals surface area contributed by atoms with Crippen LogP contribution in [0.25, 0.3) is 0 Å². The second-order valence-corrected chi connectivity index (χ2v) is 10.8. The van der Waals surface area contributed by atoms with Gasteiger partial charge in [0.15, 0.2) is 0 Å². The Balaban J connectivity index is 0. The topological polar surface area (TPSA) is 115 Å². The molecule has 0 aliphatic carbocycles. The lowest BCUT2D eigenvalue weighted by Gasteiger charge is -1.95. The van der Waals surface area contributed by atoms with Crippen molar-refractivity contribution in [1.82, 2.24) is 0 Å². The molecular weight excluding hydrogens is 600 g/mol. The zero-order chi connectivity index (χ0) is 35.8. The summed E-state index contributed by atoms with van der Waals surface area (Å²) in [6, 6.07) is 0. The van der Waals surface area contributed by atoms with Crippen molar-refractivity contribution in [3.05, 3.63) is 134 Å². The van der Waals surface area contributed by atoms with E-state index in [0.29, 0.717) is 12.8 Å². The first-order valence-electron chi connectivity index (χ1n) is 17.4. The van der Waals surface area contributed by atoms with Gasteiger partial charge in [0.25, 0.3) is 0 Å². The molecule has 0 aromatic carbocycles. The van der Waals surface area contributed by atoms with Crippen molar-refractivity contribution in [2.24, 2.45) is 0 Å². The highest BCUT2D eigenvalue weighted by molar-refractivity contribution is 5.67. The number of allylic oxidation sites excluding steroid dienone is 20. The standard InChI is InChI=1S/C22H32O3.C20H30O3/c1-2-21(23)19-17-15-13-11-9-7-5-3-4-6-8-10-12-14-16-18-20-22(24)25;1-2-19(21)17-15-13-11-9-7-5-3-4-6-8-10-12-14-16-18-20(22)23/h3-4,8-11,13-17,19,21,23H,2,5-7,12,18,20H2,1H3,(H,24,25);3-5,7,10-13,15,17,19,21H,2,6,8-9,14,16,18H2,1H3,(H,22,23)/b4-3-,10-8-,11-9+,15-13-,16-14-,19-17+;4-3-,7-5-,12-10-,13-11-,17-15+. The molecule has 0 saturated carbocycles. The molecule has 0 heterocycles. The summed E-state index contributed by atoms with van der Waals surface area (Å²) >= 11 is 0. The fourth-order valence-electron chi connectivity index (χ4n) is 3.50. The second-order valence-electron chi connectivity index (χ2n) is 10.8. The fourth-order valence-corrected chi connectivity index (χ4v) is 3.50. The quantitative estimate of drug-likeness (QED) is 0.0395. The first kappa shape index (κ1) is 46.1. The molecule has 48 heavy (non-hydrogen) atoms. The Morgan fingerprint density at radius 3 is 1.38 bits per heavy atom. The highest BCUT2D eigenvalue weighted by Gasteiger charge is 1.93. The number of carboxylic acid groups (broad SMARTS) is 2. The van der Waals surface area contributed by atoms with E-state index in [1.54, 1.807) is 12.2 Å². The van der Waals surface area contributed by atoms with Gasteiger partial charge in [-0.05, 0) is 77.0 Å².